The molecule has 1 aliphatic carbocycles. The fourth-order valence-corrected chi connectivity index (χ4v) is 2.82. The Morgan fingerprint density at radius 3 is 2.57 bits per heavy atom. The van der Waals surface area contributed by atoms with Crippen molar-refractivity contribution in [3.05, 3.63) is 23.9 Å². The van der Waals surface area contributed by atoms with Gasteiger partial charge in [0.1, 0.15) is 11.5 Å². The normalized spacial score (nSPS) is 19.9. The van der Waals surface area contributed by atoms with Crippen LogP contribution in [0.15, 0.2) is 18.2 Å². The monoisotopic (exact) mass is 288 g/mol. The minimum Gasteiger partial charge on any atom is -0.368 e. The molecule has 1 aromatic heterocycles. The quantitative estimate of drug-likeness (QED) is 0.918. The highest BCUT2D eigenvalue weighted by Crippen LogP contribution is 2.27. The van der Waals surface area contributed by atoms with E-state index in [1.54, 1.807) is 6.07 Å². The maximum absolute atomic E-state index is 12.5. The number of nitrogens with one attached hydrogen (secondary N) is 1. The van der Waals surface area contributed by atoms with E-state index in [2.05, 4.69) is 29.0 Å². The molecule has 1 aliphatic heterocycles. The first kappa shape index (κ1) is 14.3. The minimum atomic E-state index is 0.0536. The number of aromatic nitrogens is 1. The molecule has 2 heterocycles. The minimum absolute atomic E-state index is 0.0536. The van der Waals surface area contributed by atoms with E-state index in [4.69, 9.17) is 0 Å². The summed E-state index contributed by atoms with van der Waals surface area (Å²) in [7, 11) is 0. The summed E-state index contributed by atoms with van der Waals surface area (Å²) in [5.41, 5.74) is 0.542. The van der Waals surface area contributed by atoms with Gasteiger partial charge in [0.25, 0.3) is 5.91 Å². The van der Waals surface area contributed by atoms with Crippen LogP contribution in [-0.2, 0) is 0 Å². The fourth-order valence-electron chi connectivity index (χ4n) is 2.82. The molecule has 1 N–H and O–H groups in total. The van der Waals surface area contributed by atoms with E-state index in [-0.39, 0.29) is 5.91 Å². The van der Waals surface area contributed by atoms with Gasteiger partial charge in [0.05, 0.1) is 0 Å². The number of carbonyl (C=O) groups is 1. The Balaban J connectivity index is 1.62. The first-order valence-corrected chi connectivity index (χ1v) is 7.90. The van der Waals surface area contributed by atoms with Crippen LogP contribution < -0.4 is 5.32 Å². The summed E-state index contributed by atoms with van der Waals surface area (Å²) in [5, 5.41) is 3.24. The van der Waals surface area contributed by atoms with Gasteiger partial charge in [-0.05, 0) is 38.8 Å². The first-order chi connectivity index (χ1) is 10.1. The van der Waals surface area contributed by atoms with Gasteiger partial charge in [0.15, 0.2) is 0 Å². The molecule has 21 heavy (non-hydrogen) atoms. The molecule has 0 atom stereocenters. The second-order valence-electron chi connectivity index (χ2n) is 6.27. The molecule has 2 aliphatic rings. The lowest BCUT2D eigenvalue weighted by atomic mass is 10.2. The van der Waals surface area contributed by atoms with Gasteiger partial charge in [-0.15, -0.1) is 0 Å². The maximum Gasteiger partial charge on any atom is 0.272 e. The van der Waals surface area contributed by atoms with Crippen LogP contribution >= 0.6 is 0 Å². The number of hydrogen-bond acceptors (Lipinski definition) is 4. The molecule has 1 saturated carbocycles. The summed E-state index contributed by atoms with van der Waals surface area (Å²) in [6, 6.07) is 6.71. The van der Waals surface area contributed by atoms with Crippen molar-refractivity contribution in [1.82, 2.24) is 14.8 Å². The van der Waals surface area contributed by atoms with Gasteiger partial charge < -0.3 is 10.2 Å². The van der Waals surface area contributed by atoms with Crippen molar-refractivity contribution in [3.63, 3.8) is 0 Å². The highest BCUT2D eigenvalue weighted by atomic mass is 16.2. The van der Waals surface area contributed by atoms with E-state index in [1.807, 2.05) is 17.0 Å². The first-order valence-electron chi connectivity index (χ1n) is 7.90. The fraction of sp³-hybridized carbons (Fsp3) is 0.625. The van der Waals surface area contributed by atoms with Crippen molar-refractivity contribution in [2.75, 3.05) is 31.5 Å². The van der Waals surface area contributed by atoms with E-state index in [0.29, 0.717) is 11.7 Å². The van der Waals surface area contributed by atoms with Crippen LogP contribution in [0, 0.1) is 0 Å². The molecule has 1 saturated heterocycles. The van der Waals surface area contributed by atoms with Crippen molar-refractivity contribution in [2.45, 2.75) is 38.8 Å². The van der Waals surface area contributed by atoms with Crippen molar-refractivity contribution in [1.29, 1.82) is 0 Å². The van der Waals surface area contributed by atoms with E-state index >= 15 is 0 Å². The van der Waals surface area contributed by atoms with Crippen molar-refractivity contribution in [3.8, 4) is 0 Å². The smallest absolute Gasteiger partial charge is 0.272 e. The molecule has 1 amide bonds. The molecule has 3 rings (SSSR count). The van der Waals surface area contributed by atoms with Gasteiger partial charge in [-0.2, -0.15) is 0 Å². The standard InChI is InChI=1S/C16H24N4O/c1-12(2)17-15-5-3-4-14(18-15)16(21)20-10-8-19(9-11-20)13-6-7-13/h3-5,12-13H,6-11H2,1-2H3,(H,17,18). The largest absolute Gasteiger partial charge is 0.368 e. The predicted molar refractivity (Wildman–Crippen MR) is 83.5 cm³/mol. The lowest BCUT2D eigenvalue weighted by Crippen LogP contribution is -2.49. The van der Waals surface area contributed by atoms with Crippen LogP contribution in [0.3, 0.4) is 0 Å². The molecule has 5 heteroatoms. The van der Waals surface area contributed by atoms with Crippen LogP contribution in [0.4, 0.5) is 5.82 Å². The van der Waals surface area contributed by atoms with Crippen LogP contribution in [0.2, 0.25) is 0 Å². The topological polar surface area (TPSA) is 48.5 Å². The maximum atomic E-state index is 12.5. The number of carbonyl (C=O) groups excluding carboxylic acids is 1. The van der Waals surface area contributed by atoms with E-state index in [9.17, 15) is 4.79 Å². The number of rotatable bonds is 4. The SMILES string of the molecule is CC(C)Nc1cccc(C(=O)N2CCN(C3CC3)CC2)n1. The lowest BCUT2D eigenvalue weighted by molar-refractivity contribution is 0.0621. The molecule has 2 fully saturated rings. The average molecular weight is 288 g/mol. The van der Waals surface area contributed by atoms with E-state index < -0.39 is 0 Å². The molecule has 0 radical (unpaired) electrons. The zero-order valence-corrected chi connectivity index (χ0v) is 12.9. The third kappa shape index (κ3) is 3.53. The number of nitrogens with zero attached hydrogens (tertiary/aromatic N) is 3. The van der Waals surface area contributed by atoms with Gasteiger partial charge in [-0.25, -0.2) is 4.98 Å². The molecule has 0 aromatic carbocycles. The van der Waals surface area contributed by atoms with Gasteiger partial charge in [0.2, 0.25) is 0 Å². The molecule has 0 bridgehead atoms. The Labute approximate surface area is 126 Å². The van der Waals surface area contributed by atoms with Crippen molar-refractivity contribution < 1.29 is 4.79 Å². The lowest BCUT2D eigenvalue weighted by Gasteiger charge is -2.34. The Morgan fingerprint density at radius 1 is 1.24 bits per heavy atom. The number of hydrogen-bond donors (Lipinski definition) is 1. The van der Waals surface area contributed by atoms with Crippen molar-refractivity contribution in [2.24, 2.45) is 0 Å². The van der Waals surface area contributed by atoms with Gasteiger partial charge in [-0.1, -0.05) is 6.07 Å². The van der Waals surface area contributed by atoms with Crippen LogP contribution in [0.1, 0.15) is 37.2 Å². The average Bonchev–Trinajstić information content (AvgIpc) is 3.31. The summed E-state index contributed by atoms with van der Waals surface area (Å²) < 4.78 is 0. The third-order valence-corrected chi connectivity index (χ3v) is 4.07. The number of anilines is 1. The Morgan fingerprint density at radius 2 is 1.95 bits per heavy atom. The Kier molecular flexibility index (Phi) is 4.10. The summed E-state index contributed by atoms with van der Waals surface area (Å²) in [6.45, 7) is 7.76. The molecule has 1 aromatic rings. The molecule has 5 nitrogen and oxygen atoms in total. The highest BCUT2D eigenvalue weighted by molar-refractivity contribution is 5.92. The third-order valence-electron chi connectivity index (χ3n) is 4.07. The second-order valence-corrected chi connectivity index (χ2v) is 6.27. The van der Waals surface area contributed by atoms with Gasteiger partial charge in [-0.3, -0.25) is 9.69 Å². The highest BCUT2D eigenvalue weighted by Gasteiger charge is 2.32. The second kappa shape index (κ2) is 6.02. The van der Waals surface area contributed by atoms with Crippen LogP contribution in [0.25, 0.3) is 0 Å². The Hall–Kier alpha value is -1.62. The molecule has 114 valence electrons. The summed E-state index contributed by atoms with van der Waals surface area (Å²) in [5.74, 6) is 0.824. The van der Waals surface area contributed by atoms with Gasteiger partial charge in [0, 0.05) is 38.3 Å². The summed E-state index contributed by atoms with van der Waals surface area (Å²) in [6.07, 6.45) is 2.66. The molecular formula is C16H24N4O. The van der Waals surface area contributed by atoms with E-state index in [1.165, 1.54) is 12.8 Å². The Bertz CT molecular complexity index is 505. The zero-order chi connectivity index (χ0) is 14.8. The molecule has 0 spiro atoms. The number of piperazine rings is 1. The number of amides is 1. The zero-order valence-electron chi connectivity index (χ0n) is 12.9. The van der Waals surface area contributed by atoms with Gasteiger partial charge >= 0.3 is 0 Å². The van der Waals surface area contributed by atoms with Crippen LogP contribution in [0.5, 0.6) is 0 Å². The van der Waals surface area contributed by atoms with Crippen molar-refractivity contribution >= 4 is 11.7 Å². The summed E-state index contributed by atoms with van der Waals surface area (Å²) >= 11 is 0. The number of pyridine rings is 1. The van der Waals surface area contributed by atoms with Crippen LogP contribution in [-0.4, -0.2) is 59.0 Å². The predicted octanol–water partition coefficient (Wildman–Crippen LogP) is 1.82. The van der Waals surface area contributed by atoms with E-state index in [0.717, 1.165) is 38.0 Å². The molecule has 0 unspecified atom stereocenters. The molecular weight excluding hydrogens is 264 g/mol. The summed E-state index contributed by atoms with van der Waals surface area (Å²) in [4.78, 5) is 21.4.